The molecule has 0 atom stereocenters. The van der Waals surface area contributed by atoms with Crippen molar-refractivity contribution in [3.05, 3.63) is 38.1 Å². The van der Waals surface area contributed by atoms with Crippen molar-refractivity contribution >= 4 is 26.8 Å². The van der Waals surface area contributed by atoms with Gasteiger partial charge in [-0.1, -0.05) is 0 Å². The number of halogens is 4. The summed E-state index contributed by atoms with van der Waals surface area (Å²) < 4.78 is 44.0. The van der Waals surface area contributed by atoms with Crippen molar-refractivity contribution in [1.82, 2.24) is 4.98 Å². The summed E-state index contributed by atoms with van der Waals surface area (Å²) in [6, 6.07) is 3.04. The minimum atomic E-state index is -4.61. The first kappa shape index (κ1) is 13.9. The van der Waals surface area contributed by atoms with Crippen LogP contribution in [-0.2, 0) is 6.18 Å². The Balaban J connectivity index is 3.00. The van der Waals surface area contributed by atoms with Gasteiger partial charge in [-0.05, 0) is 35.0 Å². The summed E-state index contributed by atoms with van der Waals surface area (Å²) >= 11 is 3.13. The summed E-state index contributed by atoms with van der Waals surface area (Å²) in [6.07, 6.45) is -4.61. The molecular formula is C12H9BrF3NO2. The number of aromatic amines is 1. The summed E-state index contributed by atoms with van der Waals surface area (Å²) in [5.74, 6) is 0.233. The number of hydrogen-bond donors (Lipinski definition) is 1. The number of fused-ring (bicyclic) bond motifs is 1. The second-order valence-electron chi connectivity index (χ2n) is 3.95. The normalized spacial score (nSPS) is 11.9. The fourth-order valence-electron chi connectivity index (χ4n) is 1.88. The summed E-state index contributed by atoms with van der Waals surface area (Å²) in [6.45, 7) is 1.14. The highest BCUT2D eigenvalue weighted by Gasteiger charge is 2.35. The summed E-state index contributed by atoms with van der Waals surface area (Å²) in [4.78, 5) is 14.4. The van der Waals surface area contributed by atoms with Crippen LogP contribution >= 0.6 is 15.9 Å². The third-order valence-electron chi connectivity index (χ3n) is 2.81. The van der Waals surface area contributed by atoms with E-state index in [4.69, 9.17) is 4.74 Å². The first-order valence-corrected chi connectivity index (χ1v) is 6.03. The van der Waals surface area contributed by atoms with Gasteiger partial charge in [0.15, 0.2) is 5.43 Å². The molecule has 7 heteroatoms. The zero-order valence-electron chi connectivity index (χ0n) is 9.98. The molecule has 0 fully saturated rings. The molecule has 0 aliphatic rings. The molecule has 0 bridgehead atoms. The van der Waals surface area contributed by atoms with Crippen LogP contribution in [0.3, 0.4) is 0 Å². The van der Waals surface area contributed by atoms with Gasteiger partial charge in [-0.2, -0.15) is 13.2 Å². The lowest BCUT2D eigenvalue weighted by Crippen LogP contribution is -2.19. The Kier molecular flexibility index (Phi) is 3.34. The SMILES string of the molecule is COc1ccc(Br)c2[nH]c(C(F)(F)F)c(C)c(=O)c12. The van der Waals surface area contributed by atoms with E-state index >= 15 is 0 Å². The average molecular weight is 336 g/mol. The summed E-state index contributed by atoms with van der Waals surface area (Å²) in [7, 11) is 1.36. The second-order valence-corrected chi connectivity index (χ2v) is 4.81. The number of aromatic nitrogens is 1. The lowest BCUT2D eigenvalue weighted by atomic mass is 10.1. The van der Waals surface area contributed by atoms with Crippen LogP contribution in [0.4, 0.5) is 13.2 Å². The molecule has 0 radical (unpaired) electrons. The van der Waals surface area contributed by atoms with Crippen LogP contribution in [0.5, 0.6) is 5.75 Å². The Morgan fingerprint density at radius 3 is 2.47 bits per heavy atom. The van der Waals surface area contributed by atoms with Crippen LogP contribution in [0.2, 0.25) is 0 Å². The quantitative estimate of drug-likeness (QED) is 0.864. The predicted molar refractivity (Wildman–Crippen MR) is 68.6 cm³/mol. The lowest BCUT2D eigenvalue weighted by Gasteiger charge is -2.13. The van der Waals surface area contributed by atoms with Crippen molar-refractivity contribution < 1.29 is 17.9 Å². The molecule has 0 aliphatic carbocycles. The molecule has 102 valence electrons. The molecular weight excluding hydrogens is 327 g/mol. The topological polar surface area (TPSA) is 42.1 Å². The van der Waals surface area contributed by atoms with Crippen LogP contribution < -0.4 is 10.2 Å². The number of benzene rings is 1. The smallest absolute Gasteiger partial charge is 0.431 e. The van der Waals surface area contributed by atoms with Gasteiger partial charge in [-0.15, -0.1) is 0 Å². The number of H-pyrrole nitrogens is 1. The van der Waals surface area contributed by atoms with Crippen molar-refractivity contribution in [1.29, 1.82) is 0 Å². The van der Waals surface area contributed by atoms with Gasteiger partial charge in [0.1, 0.15) is 11.4 Å². The van der Waals surface area contributed by atoms with Crippen molar-refractivity contribution in [2.75, 3.05) is 7.11 Å². The molecule has 0 saturated heterocycles. The van der Waals surface area contributed by atoms with Gasteiger partial charge in [0.05, 0.1) is 18.0 Å². The first-order chi connectivity index (χ1) is 8.77. The third-order valence-corrected chi connectivity index (χ3v) is 3.47. The third kappa shape index (κ3) is 2.22. The Morgan fingerprint density at radius 1 is 1.32 bits per heavy atom. The highest BCUT2D eigenvalue weighted by atomic mass is 79.9. The summed E-state index contributed by atoms with van der Waals surface area (Å²) in [5, 5.41) is 0.0994. The van der Waals surface area contributed by atoms with E-state index in [1.165, 1.54) is 19.2 Å². The van der Waals surface area contributed by atoms with E-state index < -0.39 is 17.3 Å². The van der Waals surface area contributed by atoms with Gasteiger partial charge in [0, 0.05) is 10.0 Å². The molecule has 2 aromatic rings. The molecule has 0 amide bonds. The van der Waals surface area contributed by atoms with Crippen LogP contribution in [0, 0.1) is 6.92 Å². The maximum atomic E-state index is 12.9. The number of alkyl halides is 3. The Morgan fingerprint density at radius 2 is 1.95 bits per heavy atom. The molecule has 0 aliphatic heterocycles. The van der Waals surface area contributed by atoms with Crippen LogP contribution in [0.25, 0.3) is 10.9 Å². The predicted octanol–water partition coefficient (Wildman–Crippen LogP) is 3.63. The number of ether oxygens (including phenoxy) is 1. The molecule has 1 aromatic carbocycles. The first-order valence-electron chi connectivity index (χ1n) is 5.23. The largest absolute Gasteiger partial charge is 0.496 e. The molecule has 0 unspecified atom stereocenters. The van der Waals surface area contributed by atoms with Crippen LogP contribution in [0.1, 0.15) is 11.3 Å². The van der Waals surface area contributed by atoms with Crippen molar-refractivity contribution in [3.63, 3.8) is 0 Å². The molecule has 3 nitrogen and oxygen atoms in total. The fourth-order valence-corrected chi connectivity index (χ4v) is 2.31. The van der Waals surface area contributed by atoms with Gasteiger partial charge in [0.25, 0.3) is 0 Å². The maximum absolute atomic E-state index is 12.9. The van der Waals surface area contributed by atoms with Crippen molar-refractivity contribution in [2.45, 2.75) is 13.1 Å². The van der Waals surface area contributed by atoms with Crippen molar-refractivity contribution in [3.8, 4) is 5.75 Å². The highest BCUT2D eigenvalue weighted by Crippen LogP contribution is 2.34. The minimum Gasteiger partial charge on any atom is -0.496 e. The van der Waals surface area contributed by atoms with E-state index in [1.807, 2.05) is 0 Å². The standard InChI is InChI=1S/C12H9BrF3NO2/c1-5-10(18)8-7(19-2)4-3-6(13)9(8)17-11(5)12(14,15)16/h3-4H,1-2H3,(H,17,18). The molecule has 0 spiro atoms. The monoisotopic (exact) mass is 335 g/mol. The molecule has 1 heterocycles. The van der Waals surface area contributed by atoms with Gasteiger partial charge in [-0.3, -0.25) is 4.79 Å². The zero-order chi connectivity index (χ0) is 14.4. The van der Waals surface area contributed by atoms with Crippen LogP contribution in [-0.4, -0.2) is 12.1 Å². The number of rotatable bonds is 1. The van der Waals surface area contributed by atoms with Gasteiger partial charge in [-0.25, -0.2) is 0 Å². The van der Waals surface area contributed by atoms with Gasteiger partial charge < -0.3 is 9.72 Å². The van der Waals surface area contributed by atoms with Crippen molar-refractivity contribution in [2.24, 2.45) is 0 Å². The zero-order valence-corrected chi connectivity index (χ0v) is 11.6. The second kappa shape index (κ2) is 4.56. The summed E-state index contributed by atoms with van der Waals surface area (Å²) in [5.41, 5.74) is -2.04. The number of pyridine rings is 1. The van der Waals surface area contributed by atoms with E-state index in [2.05, 4.69) is 20.9 Å². The van der Waals surface area contributed by atoms with Crippen LogP contribution in [0.15, 0.2) is 21.4 Å². The Bertz CT molecular complexity index is 707. The molecule has 19 heavy (non-hydrogen) atoms. The molecule has 0 saturated carbocycles. The lowest BCUT2D eigenvalue weighted by molar-refractivity contribution is -0.141. The fraction of sp³-hybridized carbons (Fsp3) is 0.250. The van der Waals surface area contributed by atoms with E-state index in [0.29, 0.717) is 4.47 Å². The maximum Gasteiger partial charge on any atom is 0.431 e. The number of hydrogen-bond acceptors (Lipinski definition) is 2. The number of methoxy groups -OCH3 is 1. The Labute approximate surface area is 114 Å². The average Bonchev–Trinajstić information content (AvgIpc) is 2.32. The highest BCUT2D eigenvalue weighted by molar-refractivity contribution is 9.10. The van der Waals surface area contributed by atoms with E-state index in [9.17, 15) is 18.0 Å². The van der Waals surface area contributed by atoms with Gasteiger partial charge >= 0.3 is 6.18 Å². The molecule has 1 aromatic heterocycles. The molecule has 2 rings (SSSR count). The van der Waals surface area contributed by atoms with Gasteiger partial charge in [0.2, 0.25) is 0 Å². The van der Waals surface area contributed by atoms with E-state index in [1.54, 1.807) is 0 Å². The molecule has 1 N–H and O–H groups in total. The minimum absolute atomic E-state index is 0.0716. The van der Waals surface area contributed by atoms with E-state index in [0.717, 1.165) is 6.92 Å². The Hall–Kier alpha value is -1.50. The number of nitrogens with one attached hydrogen (secondary N) is 1. The van der Waals surface area contributed by atoms with E-state index in [-0.39, 0.29) is 22.2 Å².